The first-order chi connectivity index (χ1) is 15.3. The van der Waals surface area contributed by atoms with E-state index in [1.165, 1.54) is 4.31 Å². The summed E-state index contributed by atoms with van der Waals surface area (Å²) < 4.78 is 28.6. The van der Waals surface area contributed by atoms with Crippen LogP contribution in [0.3, 0.4) is 0 Å². The molecule has 5 fully saturated rings. The van der Waals surface area contributed by atoms with E-state index in [1.807, 2.05) is 12.1 Å². The molecule has 1 heterocycles. The smallest absolute Gasteiger partial charge is 0.244 e. The Hall–Kier alpha value is -1.44. The van der Waals surface area contributed by atoms with Crippen molar-refractivity contribution in [3.63, 3.8) is 0 Å². The van der Waals surface area contributed by atoms with Crippen LogP contribution in [0.2, 0.25) is 0 Å². The maximum absolute atomic E-state index is 13.6. The Morgan fingerprint density at radius 1 is 1.09 bits per heavy atom. The van der Waals surface area contributed by atoms with E-state index >= 15 is 0 Å². The van der Waals surface area contributed by atoms with Crippen LogP contribution in [0.5, 0.6) is 0 Å². The average molecular weight is 475 g/mol. The Balaban J connectivity index is 1.36. The number of hydrogen-bond donors (Lipinski definition) is 2. The number of nitrogens with one attached hydrogen (secondary N) is 1. The fourth-order valence-corrected chi connectivity index (χ4v) is 9.14. The summed E-state index contributed by atoms with van der Waals surface area (Å²) in [6, 6.07) is 7.14. The molecule has 33 heavy (non-hydrogen) atoms. The summed E-state index contributed by atoms with van der Waals surface area (Å²) in [5, 5.41) is 14.1. The van der Waals surface area contributed by atoms with Gasteiger partial charge in [0.15, 0.2) is 0 Å². The SMILES string of the molecule is CC(C)(C)c1ccc(S(=O)(=O)N2CCC[C@]2(C)C(=O)NC2[C@@H]3CC4C[C@H]2CC(O)(C4)C3)cc1. The molecule has 1 saturated heterocycles. The minimum Gasteiger partial charge on any atom is -0.390 e. The molecule has 4 aliphatic carbocycles. The number of nitrogens with zero attached hydrogens (tertiary/aromatic N) is 1. The molecule has 0 radical (unpaired) electrons. The number of hydrogen-bond acceptors (Lipinski definition) is 4. The number of rotatable bonds is 4. The van der Waals surface area contributed by atoms with Crippen LogP contribution in [0.15, 0.2) is 29.2 Å². The Morgan fingerprint density at radius 3 is 2.24 bits per heavy atom. The lowest BCUT2D eigenvalue weighted by Crippen LogP contribution is -2.65. The molecule has 4 bridgehead atoms. The second kappa shape index (κ2) is 7.53. The second-order valence-electron chi connectivity index (χ2n) is 12.4. The Kier molecular flexibility index (Phi) is 5.32. The molecule has 1 aromatic carbocycles. The largest absolute Gasteiger partial charge is 0.390 e. The number of amides is 1. The van der Waals surface area contributed by atoms with Crippen LogP contribution < -0.4 is 5.32 Å². The predicted octanol–water partition coefficient (Wildman–Crippen LogP) is 3.58. The number of aliphatic hydroxyl groups is 1. The van der Waals surface area contributed by atoms with Crippen molar-refractivity contribution in [3.05, 3.63) is 29.8 Å². The molecule has 6 atom stereocenters. The summed E-state index contributed by atoms with van der Waals surface area (Å²) >= 11 is 0. The first-order valence-corrected chi connectivity index (χ1v) is 13.9. The van der Waals surface area contributed by atoms with Crippen molar-refractivity contribution in [2.24, 2.45) is 17.8 Å². The van der Waals surface area contributed by atoms with Crippen molar-refractivity contribution in [2.75, 3.05) is 6.54 Å². The highest BCUT2D eigenvalue weighted by Gasteiger charge is 2.57. The molecular weight excluding hydrogens is 436 g/mol. The van der Waals surface area contributed by atoms with Crippen molar-refractivity contribution in [2.45, 2.75) is 100 Å². The van der Waals surface area contributed by atoms with Gasteiger partial charge >= 0.3 is 0 Å². The topological polar surface area (TPSA) is 86.7 Å². The molecule has 1 amide bonds. The van der Waals surface area contributed by atoms with E-state index in [2.05, 4.69) is 26.1 Å². The third kappa shape index (κ3) is 3.84. The van der Waals surface area contributed by atoms with E-state index < -0.39 is 21.2 Å². The third-order valence-electron chi connectivity index (χ3n) is 8.91. The van der Waals surface area contributed by atoms with Crippen molar-refractivity contribution >= 4 is 15.9 Å². The van der Waals surface area contributed by atoms with E-state index in [4.69, 9.17) is 0 Å². The van der Waals surface area contributed by atoms with Crippen LogP contribution in [0, 0.1) is 17.8 Å². The second-order valence-corrected chi connectivity index (χ2v) is 14.3. The zero-order valence-corrected chi connectivity index (χ0v) is 21.1. The number of sulfonamides is 1. The summed E-state index contributed by atoms with van der Waals surface area (Å²) in [5.41, 5.74) is -0.626. The fourth-order valence-electron chi connectivity index (χ4n) is 7.33. The lowest BCUT2D eigenvalue weighted by atomic mass is 9.52. The van der Waals surface area contributed by atoms with Crippen LogP contribution in [-0.4, -0.2) is 47.5 Å². The monoisotopic (exact) mass is 474 g/mol. The molecule has 6 nitrogen and oxygen atoms in total. The predicted molar refractivity (Wildman–Crippen MR) is 127 cm³/mol. The Morgan fingerprint density at radius 2 is 1.70 bits per heavy atom. The summed E-state index contributed by atoms with van der Waals surface area (Å²) in [6.07, 6.45) is 5.71. The van der Waals surface area contributed by atoms with Gasteiger partial charge in [0.25, 0.3) is 0 Å². The van der Waals surface area contributed by atoms with Crippen LogP contribution >= 0.6 is 0 Å². The molecule has 7 heteroatoms. The van der Waals surface area contributed by atoms with E-state index in [9.17, 15) is 18.3 Å². The lowest BCUT2D eigenvalue weighted by Gasteiger charge is -2.58. The highest BCUT2D eigenvalue weighted by atomic mass is 32.2. The van der Waals surface area contributed by atoms with Crippen molar-refractivity contribution in [1.82, 2.24) is 9.62 Å². The van der Waals surface area contributed by atoms with Gasteiger partial charge in [-0.2, -0.15) is 4.31 Å². The van der Waals surface area contributed by atoms with E-state index in [0.717, 1.165) is 37.7 Å². The highest BCUT2D eigenvalue weighted by molar-refractivity contribution is 7.89. The third-order valence-corrected chi connectivity index (χ3v) is 10.9. The zero-order valence-electron chi connectivity index (χ0n) is 20.3. The summed E-state index contributed by atoms with van der Waals surface area (Å²) in [7, 11) is -3.79. The molecule has 0 aromatic heterocycles. The molecule has 5 aliphatic rings. The van der Waals surface area contributed by atoms with Crippen LogP contribution in [0.4, 0.5) is 0 Å². The standard InChI is InChI=1S/C26H38N2O4S/c1-24(2,3)20-6-8-21(9-7-20)33(31,32)28-11-5-10-25(28,4)23(29)27-22-18-12-17-13-19(22)16-26(30,14-17)15-18/h6-9,17-19,22,30H,5,10-16H2,1-4H3,(H,27,29)/t17?,18-,19+,22?,25-,26?/m1/s1. The molecule has 1 aromatic rings. The fraction of sp³-hybridized carbons (Fsp3) is 0.731. The first-order valence-electron chi connectivity index (χ1n) is 12.5. The van der Waals surface area contributed by atoms with Gasteiger partial charge in [-0.1, -0.05) is 32.9 Å². The zero-order chi connectivity index (χ0) is 23.8. The van der Waals surface area contributed by atoms with Crippen molar-refractivity contribution in [3.8, 4) is 0 Å². The van der Waals surface area contributed by atoms with Gasteiger partial charge in [-0.15, -0.1) is 0 Å². The maximum Gasteiger partial charge on any atom is 0.244 e. The minimum atomic E-state index is -3.79. The van der Waals surface area contributed by atoms with Gasteiger partial charge in [-0.05, 0) is 92.7 Å². The van der Waals surface area contributed by atoms with Gasteiger partial charge in [-0.25, -0.2) is 8.42 Å². The number of carbonyl (C=O) groups is 1. The molecule has 6 rings (SSSR count). The molecule has 0 spiro atoms. The van der Waals surface area contributed by atoms with Crippen LogP contribution in [0.25, 0.3) is 0 Å². The summed E-state index contributed by atoms with van der Waals surface area (Å²) in [5.74, 6) is 0.977. The average Bonchev–Trinajstić information content (AvgIpc) is 3.12. The van der Waals surface area contributed by atoms with Gasteiger partial charge in [0.05, 0.1) is 10.5 Å². The van der Waals surface area contributed by atoms with Gasteiger partial charge in [0.2, 0.25) is 15.9 Å². The normalized spacial score (nSPS) is 38.6. The number of benzene rings is 1. The van der Waals surface area contributed by atoms with Crippen LogP contribution in [-0.2, 0) is 20.2 Å². The Bertz CT molecular complexity index is 1030. The summed E-state index contributed by atoms with van der Waals surface area (Å²) in [4.78, 5) is 13.9. The molecule has 4 saturated carbocycles. The van der Waals surface area contributed by atoms with E-state index in [-0.39, 0.29) is 22.3 Å². The minimum absolute atomic E-state index is 0.0439. The number of carbonyl (C=O) groups excluding carboxylic acids is 1. The molecule has 2 N–H and O–H groups in total. The van der Waals surface area contributed by atoms with Gasteiger partial charge in [0, 0.05) is 12.6 Å². The maximum atomic E-state index is 13.6. The van der Waals surface area contributed by atoms with Gasteiger partial charge in [-0.3, -0.25) is 4.79 Å². The van der Waals surface area contributed by atoms with Gasteiger partial charge < -0.3 is 10.4 Å². The highest BCUT2D eigenvalue weighted by Crippen LogP contribution is 2.55. The molecule has 1 aliphatic heterocycles. The van der Waals surface area contributed by atoms with Gasteiger partial charge in [0.1, 0.15) is 5.54 Å². The quantitative estimate of drug-likeness (QED) is 0.698. The van der Waals surface area contributed by atoms with Crippen molar-refractivity contribution < 1.29 is 18.3 Å². The summed E-state index contributed by atoms with van der Waals surface area (Å²) in [6.45, 7) is 8.43. The molecule has 3 unspecified atom stereocenters. The molecule has 182 valence electrons. The van der Waals surface area contributed by atoms with E-state index in [1.54, 1.807) is 19.1 Å². The van der Waals surface area contributed by atoms with Crippen LogP contribution in [0.1, 0.15) is 78.2 Å². The van der Waals surface area contributed by atoms with Crippen molar-refractivity contribution in [1.29, 1.82) is 0 Å². The van der Waals surface area contributed by atoms with E-state index in [0.29, 0.717) is 37.1 Å². The lowest BCUT2D eigenvalue weighted by molar-refractivity contribution is -0.150. The Labute approximate surface area is 198 Å². The first kappa shape index (κ1) is 23.3. The molecular formula is C26H38N2O4S.